The van der Waals surface area contributed by atoms with E-state index in [4.69, 9.17) is 12.2 Å². The first-order valence-electron chi connectivity index (χ1n) is 6.10. The highest BCUT2D eigenvalue weighted by atomic mass is 32.2. The van der Waals surface area contributed by atoms with Gasteiger partial charge in [0.15, 0.2) is 20.3 Å². The molecule has 0 bridgehead atoms. The summed E-state index contributed by atoms with van der Waals surface area (Å²) in [6, 6.07) is 1.91. The number of aromatic nitrogens is 3. The molecule has 0 spiro atoms. The van der Waals surface area contributed by atoms with Crippen LogP contribution in [-0.4, -0.2) is 34.5 Å². The van der Waals surface area contributed by atoms with Crippen molar-refractivity contribution in [2.24, 2.45) is 0 Å². The molecule has 1 aliphatic heterocycles. The van der Waals surface area contributed by atoms with Crippen LogP contribution in [0.2, 0.25) is 0 Å². The first-order chi connectivity index (χ1) is 8.82. The molecule has 0 saturated carbocycles. The molecule has 102 valence electrons. The van der Waals surface area contributed by atoms with Crippen molar-refractivity contribution in [1.29, 1.82) is 0 Å². The van der Waals surface area contributed by atoms with E-state index in [-0.39, 0.29) is 11.5 Å². The number of aromatic amines is 1. The molecule has 0 aromatic carbocycles. The molecule has 19 heavy (non-hydrogen) atoms. The molecule has 0 amide bonds. The number of nitrogens with zero attached hydrogens (tertiary/aromatic N) is 2. The zero-order chi connectivity index (χ0) is 13.8. The number of hydrogen-bond acceptors (Lipinski definition) is 4. The lowest BCUT2D eigenvalue weighted by molar-refractivity contribution is 0.370. The summed E-state index contributed by atoms with van der Waals surface area (Å²) in [5, 5.41) is 0. The lowest BCUT2D eigenvalue weighted by Crippen LogP contribution is -2.31. The van der Waals surface area contributed by atoms with E-state index in [1.807, 2.05) is 24.5 Å². The van der Waals surface area contributed by atoms with E-state index in [0.29, 0.717) is 11.2 Å². The number of sulfone groups is 1. The van der Waals surface area contributed by atoms with Crippen LogP contribution in [0.15, 0.2) is 12.3 Å². The molecule has 1 unspecified atom stereocenters. The van der Waals surface area contributed by atoms with Crippen molar-refractivity contribution in [3.63, 3.8) is 0 Å². The fourth-order valence-electron chi connectivity index (χ4n) is 2.80. The highest BCUT2D eigenvalue weighted by molar-refractivity contribution is 7.91. The van der Waals surface area contributed by atoms with E-state index >= 15 is 0 Å². The minimum Gasteiger partial charge on any atom is -0.329 e. The summed E-state index contributed by atoms with van der Waals surface area (Å²) in [4.78, 5) is 7.52. The largest absolute Gasteiger partial charge is 0.329 e. The van der Waals surface area contributed by atoms with Crippen molar-refractivity contribution in [2.45, 2.75) is 25.8 Å². The maximum absolute atomic E-state index is 11.8. The molecule has 3 heterocycles. The lowest BCUT2D eigenvalue weighted by atomic mass is 10.0. The maximum atomic E-state index is 11.8. The van der Waals surface area contributed by atoms with Crippen molar-refractivity contribution in [3.8, 4) is 0 Å². The lowest BCUT2D eigenvalue weighted by Gasteiger charge is -2.24. The summed E-state index contributed by atoms with van der Waals surface area (Å²) in [6.07, 6.45) is 2.30. The van der Waals surface area contributed by atoms with Gasteiger partial charge in [0.1, 0.15) is 0 Å². The second kappa shape index (κ2) is 3.89. The Balaban J connectivity index is 2.30. The molecule has 1 saturated heterocycles. The average molecular weight is 297 g/mol. The minimum absolute atomic E-state index is 0.122. The summed E-state index contributed by atoms with van der Waals surface area (Å²) in [5.74, 6) is 0.334. The zero-order valence-corrected chi connectivity index (χ0v) is 12.4. The standard InChI is InChI=1S/C12H15N3O2S2/c1-8-3-5-13-10-9(8)14-11(18)15(10)12(2)4-6-19(16,17)7-12/h3,5H,4,6-7H2,1-2H3,(H,14,18). The van der Waals surface area contributed by atoms with E-state index in [0.717, 1.165) is 16.7 Å². The Bertz CT molecular complexity index is 819. The normalized spacial score (nSPS) is 26.0. The number of rotatable bonds is 1. The second-order valence-electron chi connectivity index (χ2n) is 5.43. The molecule has 1 atom stereocenters. The van der Waals surface area contributed by atoms with Gasteiger partial charge in [-0.15, -0.1) is 0 Å². The fourth-order valence-corrected chi connectivity index (χ4v) is 5.32. The monoisotopic (exact) mass is 297 g/mol. The van der Waals surface area contributed by atoms with E-state index < -0.39 is 15.4 Å². The molecule has 7 heteroatoms. The van der Waals surface area contributed by atoms with Crippen LogP contribution in [0.3, 0.4) is 0 Å². The highest BCUT2D eigenvalue weighted by Crippen LogP contribution is 2.33. The predicted octanol–water partition coefficient (Wildman–Crippen LogP) is 1.94. The van der Waals surface area contributed by atoms with Crippen molar-refractivity contribution in [2.75, 3.05) is 11.5 Å². The Morgan fingerprint density at radius 1 is 1.53 bits per heavy atom. The topological polar surface area (TPSA) is 67.8 Å². The van der Waals surface area contributed by atoms with Crippen LogP contribution in [0.1, 0.15) is 18.9 Å². The molecule has 2 aromatic heterocycles. The van der Waals surface area contributed by atoms with Crippen LogP contribution < -0.4 is 0 Å². The van der Waals surface area contributed by atoms with Crippen molar-refractivity contribution in [1.82, 2.24) is 14.5 Å². The maximum Gasteiger partial charge on any atom is 0.179 e. The third-order valence-corrected chi connectivity index (χ3v) is 5.98. The quantitative estimate of drug-likeness (QED) is 0.817. The highest BCUT2D eigenvalue weighted by Gasteiger charge is 2.41. The van der Waals surface area contributed by atoms with Gasteiger partial charge in [-0.2, -0.15) is 0 Å². The minimum atomic E-state index is -2.98. The van der Waals surface area contributed by atoms with Crippen LogP contribution in [0.4, 0.5) is 0 Å². The third-order valence-electron chi connectivity index (χ3n) is 3.81. The van der Waals surface area contributed by atoms with Gasteiger partial charge in [0, 0.05) is 6.20 Å². The third kappa shape index (κ3) is 1.92. The molecular weight excluding hydrogens is 282 g/mol. The van der Waals surface area contributed by atoms with Crippen LogP contribution in [0.5, 0.6) is 0 Å². The summed E-state index contributed by atoms with van der Waals surface area (Å²) in [5.41, 5.74) is 2.18. The van der Waals surface area contributed by atoms with E-state index in [1.165, 1.54) is 0 Å². The zero-order valence-electron chi connectivity index (χ0n) is 10.8. The molecule has 0 aliphatic carbocycles. The number of aryl methyl sites for hydroxylation is 1. The molecule has 1 aliphatic rings. The fraction of sp³-hybridized carbons (Fsp3) is 0.500. The summed E-state index contributed by atoms with van der Waals surface area (Å²) >= 11 is 5.37. The molecule has 1 N–H and O–H groups in total. The van der Waals surface area contributed by atoms with Gasteiger partial charge in [0.25, 0.3) is 0 Å². The van der Waals surface area contributed by atoms with Crippen LogP contribution in [-0.2, 0) is 15.4 Å². The molecule has 2 aromatic rings. The summed E-state index contributed by atoms with van der Waals surface area (Å²) in [6.45, 7) is 3.91. The van der Waals surface area contributed by atoms with Crippen molar-refractivity contribution < 1.29 is 8.42 Å². The number of imidazole rings is 1. The summed E-state index contributed by atoms with van der Waals surface area (Å²) < 4.78 is 26.0. The van der Waals surface area contributed by atoms with Gasteiger partial charge in [-0.25, -0.2) is 13.4 Å². The first-order valence-corrected chi connectivity index (χ1v) is 8.33. The average Bonchev–Trinajstić information content (AvgIpc) is 2.77. The number of pyridine rings is 1. The first kappa shape index (κ1) is 12.8. The van der Waals surface area contributed by atoms with Crippen LogP contribution >= 0.6 is 12.2 Å². The Morgan fingerprint density at radius 2 is 2.26 bits per heavy atom. The summed E-state index contributed by atoms with van der Waals surface area (Å²) in [7, 11) is -2.98. The molecule has 5 nitrogen and oxygen atoms in total. The van der Waals surface area contributed by atoms with Crippen molar-refractivity contribution >= 4 is 33.2 Å². The predicted molar refractivity (Wildman–Crippen MR) is 76.6 cm³/mol. The Hall–Kier alpha value is -1.21. The van der Waals surface area contributed by atoms with Gasteiger partial charge < -0.3 is 4.98 Å². The Morgan fingerprint density at radius 3 is 2.89 bits per heavy atom. The van der Waals surface area contributed by atoms with Crippen molar-refractivity contribution in [3.05, 3.63) is 22.6 Å². The van der Waals surface area contributed by atoms with Gasteiger partial charge in [0.05, 0.1) is 22.6 Å². The van der Waals surface area contributed by atoms with E-state index in [9.17, 15) is 8.42 Å². The number of hydrogen-bond donors (Lipinski definition) is 1. The SMILES string of the molecule is Cc1ccnc2c1[nH]c(=S)n2C1(C)CCS(=O)(=O)C1. The number of nitrogens with one attached hydrogen (secondary N) is 1. The van der Waals surface area contributed by atoms with Gasteiger partial charge in [-0.05, 0) is 44.1 Å². The van der Waals surface area contributed by atoms with Gasteiger partial charge in [-0.1, -0.05) is 0 Å². The van der Waals surface area contributed by atoms with Crippen LogP contribution in [0, 0.1) is 11.7 Å². The molecule has 0 radical (unpaired) electrons. The molecule has 1 fully saturated rings. The molecular formula is C12H15N3O2S2. The smallest absolute Gasteiger partial charge is 0.179 e. The second-order valence-corrected chi connectivity index (χ2v) is 8.00. The van der Waals surface area contributed by atoms with Crippen LogP contribution in [0.25, 0.3) is 11.2 Å². The van der Waals surface area contributed by atoms with Gasteiger partial charge in [0.2, 0.25) is 0 Å². The van der Waals surface area contributed by atoms with E-state index in [2.05, 4.69) is 9.97 Å². The molecule has 3 rings (SSSR count). The van der Waals surface area contributed by atoms with E-state index in [1.54, 1.807) is 6.20 Å². The van der Waals surface area contributed by atoms with Gasteiger partial charge >= 0.3 is 0 Å². The number of H-pyrrole nitrogens is 1. The van der Waals surface area contributed by atoms with Gasteiger partial charge in [-0.3, -0.25) is 4.57 Å². The Labute approximate surface area is 116 Å². The number of fused-ring (bicyclic) bond motifs is 1. The Kier molecular flexibility index (Phi) is 2.62.